The second kappa shape index (κ2) is 7.69. The van der Waals surface area contributed by atoms with Crippen molar-refractivity contribution in [1.29, 1.82) is 0 Å². The molecule has 1 amide bonds. The van der Waals surface area contributed by atoms with Crippen LogP contribution in [0.15, 0.2) is 90.3 Å². The number of rotatable bonds is 3. The van der Waals surface area contributed by atoms with Crippen molar-refractivity contribution in [3.63, 3.8) is 0 Å². The zero-order chi connectivity index (χ0) is 20.5. The zero-order valence-corrected chi connectivity index (χ0v) is 16.7. The molecule has 1 aliphatic heterocycles. The van der Waals surface area contributed by atoms with Gasteiger partial charge in [0.2, 0.25) is 0 Å². The van der Waals surface area contributed by atoms with Crippen molar-refractivity contribution in [3.8, 4) is 0 Å². The minimum Gasteiger partial charge on any atom is -0.267 e. The molecule has 5 nitrogen and oxygen atoms in total. The molecule has 30 heavy (non-hydrogen) atoms. The summed E-state index contributed by atoms with van der Waals surface area (Å²) in [4.78, 5) is 22.0. The van der Waals surface area contributed by atoms with Gasteiger partial charge in [-0.15, -0.1) is 0 Å². The van der Waals surface area contributed by atoms with Crippen LogP contribution in [0.25, 0.3) is 11.0 Å². The fourth-order valence-electron chi connectivity index (χ4n) is 3.68. The Morgan fingerprint density at radius 3 is 2.40 bits per heavy atom. The van der Waals surface area contributed by atoms with E-state index in [4.69, 9.17) is 16.7 Å². The van der Waals surface area contributed by atoms with Gasteiger partial charge in [0.1, 0.15) is 0 Å². The van der Waals surface area contributed by atoms with Crippen LogP contribution in [0.2, 0.25) is 5.02 Å². The minimum atomic E-state index is -0.179. The van der Waals surface area contributed by atoms with Gasteiger partial charge in [0.05, 0.1) is 22.8 Å². The number of fused-ring (bicyclic) bond motifs is 1. The molecule has 6 heteroatoms. The zero-order valence-electron chi connectivity index (χ0n) is 15.9. The predicted molar refractivity (Wildman–Crippen MR) is 117 cm³/mol. The van der Waals surface area contributed by atoms with Crippen LogP contribution >= 0.6 is 11.6 Å². The van der Waals surface area contributed by atoms with Crippen LogP contribution in [0.4, 0.5) is 0 Å². The Kier molecular flexibility index (Phi) is 4.73. The maximum atomic E-state index is 13.5. The van der Waals surface area contributed by atoms with Crippen LogP contribution in [0.3, 0.4) is 0 Å². The lowest BCUT2D eigenvalue weighted by Crippen LogP contribution is -2.27. The smallest absolute Gasteiger partial charge is 0.267 e. The molecule has 5 rings (SSSR count). The summed E-state index contributed by atoms with van der Waals surface area (Å²) in [6.45, 7) is 0. The summed E-state index contributed by atoms with van der Waals surface area (Å²) in [7, 11) is 0. The van der Waals surface area contributed by atoms with Gasteiger partial charge >= 0.3 is 0 Å². The Labute approximate surface area is 178 Å². The lowest BCUT2D eigenvalue weighted by molar-refractivity contribution is 0.0711. The topological polar surface area (TPSA) is 58.5 Å². The van der Waals surface area contributed by atoms with Crippen LogP contribution in [0.5, 0.6) is 0 Å². The maximum absolute atomic E-state index is 13.5. The maximum Gasteiger partial charge on any atom is 0.274 e. The van der Waals surface area contributed by atoms with Crippen molar-refractivity contribution < 1.29 is 4.79 Å². The van der Waals surface area contributed by atoms with Crippen molar-refractivity contribution in [3.05, 3.63) is 107 Å². The highest BCUT2D eigenvalue weighted by molar-refractivity contribution is 6.30. The molecular weight excluding hydrogens is 396 g/mol. The molecule has 146 valence electrons. The highest BCUT2D eigenvalue weighted by atomic mass is 35.5. The number of amides is 1. The molecule has 0 radical (unpaired) electrons. The van der Waals surface area contributed by atoms with Crippen molar-refractivity contribution in [1.82, 2.24) is 15.0 Å². The molecule has 2 heterocycles. The van der Waals surface area contributed by atoms with E-state index in [9.17, 15) is 4.79 Å². The Hall–Kier alpha value is -3.57. The fraction of sp³-hybridized carbons (Fsp3) is 0.0833. The molecular formula is C24H17ClN4O. The van der Waals surface area contributed by atoms with Crippen LogP contribution in [-0.2, 0) is 0 Å². The molecule has 1 atom stereocenters. The number of benzene rings is 3. The molecule has 3 aromatic carbocycles. The van der Waals surface area contributed by atoms with Crippen molar-refractivity contribution in [2.24, 2.45) is 5.10 Å². The van der Waals surface area contributed by atoms with E-state index >= 15 is 0 Å². The van der Waals surface area contributed by atoms with E-state index < -0.39 is 0 Å². The number of hydrogen-bond acceptors (Lipinski definition) is 4. The van der Waals surface area contributed by atoms with E-state index in [2.05, 4.69) is 9.97 Å². The summed E-state index contributed by atoms with van der Waals surface area (Å²) >= 11 is 6.03. The summed E-state index contributed by atoms with van der Waals surface area (Å²) in [5, 5.41) is 6.97. The Balaban J connectivity index is 1.55. The molecule has 0 N–H and O–H groups in total. The van der Waals surface area contributed by atoms with Gasteiger partial charge in [0, 0.05) is 29.4 Å². The normalized spacial score (nSPS) is 16.0. The third-order valence-electron chi connectivity index (χ3n) is 5.20. The lowest BCUT2D eigenvalue weighted by atomic mass is 9.98. The second-order valence-electron chi connectivity index (χ2n) is 7.09. The first kappa shape index (κ1) is 18.5. The lowest BCUT2D eigenvalue weighted by Gasteiger charge is -2.22. The first-order valence-corrected chi connectivity index (χ1v) is 9.99. The Morgan fingerprint density at radius 2 is 1.63 bits per heavy atom. The summed E-state index contributed by atoms with van der Waals surface area (Å²) < 4.78 is 0. The number of hydrogen-bond donors (Lipinski definition) is 0. The van der Waals surface area contributed by atoms with E-state index in [1.165, 1.54) is 0 Å². The molecule has 0 spiro atoms. The van der Waals surface area contributed by atoms with Gasteiger partial charge < -0.3 is 0 Å². The Morgan fingerprint density at radius 1 is 0.900 bits per heavy atom. The quantitative estimate of drug-likeness (QED) is 0.460. The third kappa shape index (κ3) is 3.44. The van der Waals surface area contributed by atoms with Gasteiger partial charge in [-0.05, 0) is 41.5 Å². The van der Waals surface area contributed by atoms with Gasteiger partial charge in [0.15, 0.2) is 0 Å². The number of nitrogens with zero attached hydrogens (tertiary/aromatic N) is 4. The highest BCUT2D eigenvalue weighted by Crippen LogP contribution is 2.34. The van der Waals surface area contributed by atoms with Gasteiger partial charge in [0.25, 0.3) is 5.91 Å². The molecule has 1 unspecified atom stereocenters. The second-order valence-corrected chi connectivity index (χ2v) is 7.53. The van der Waals surface area contributed by atoms with E-state index in [1.807, 2.05) is 60.7 Å². The minimum absolute atomic E-state index is 0.166. The largest absolute Gasteiger partial charge is 0.274 e. The Bertz CT molecular complexity index is 1260. The van der Waals surface area contributed by atoms with Gasteiger partial charge in [-0.1, -0.05) is 54.1 Å². The van der Waals surface area contributed by atoms with Crippen LogP contribution < -0.4 is 0 Å². The first-order valence-electron chi connectivity index (χ1n) is 9.62. The summed E-state index contributed by atoms with van der Waals surface area (Å²) in [5.74, 6) is -0.166. The number of aromatic nitrogens is 2. The van der Waals surface area contributed by atoms with Crippen LogP contribution in [0, 0.1) is 0 Å². The highest BCUT2D eigenvalue weighted by Gasteiger charge is 2.33. The van der Waals surface area contributed by atoms with Crippen molar-refractivity contribution in [2.75, 3.05) is 0 Å². The van der Waals surface area contributed by atoms with E-state index in [-0.39, 0.29) is 11.9 Å². The first-order chi connectivity index (χ1) is 14.7. The summed E-state index contributed by atoms with van der Waals surface area (Å²) in [6.07, 6.45) is 3.89. The number of halogens is 1. The van der Waals surface area contributed by atoms with Gasteiger partial charge in [-0.25, -0.2) is 5.01 Å². The summed E-state index contributed by atoms with van der Waals surface area (Å²) in [6, 6.07) is 22.7. The van der Waals surface area contributed by atoms with Gasteiger partial charge in [-0.3, -0.25) is 14.8 Å². The van der Waals surface area contributed by atoms with E-state index in [0.29, 0.717) is 22.5 Å². The fourth-order valence-corrected chi connectivity index (χ4v) is 3.80. The third-order valence-corrected chi connectivity index (χ3v) is 5.45. The van der Waals surface area contributed by atoms with Gasteiger partial charge in [-0.2, -0.15) is 5.10 Å². The van der Waals surface area contributed by atoms with E-state index in [0.717, 1.165) is 22.4 Å². The number of carbonyl (C=O) groups is 1. The molecule has 1 aromatic heterocycles. The molecule has 0 saturated carbocycles. The van der Waals surface area contributed by atoms with E-state index in [1.54, 1.807) is 29.5 Å². The molecule has 1 aliphatic rings. The average Bonchev–Trinajstić information content (AvgIpc) is 3.25. The monoisotopic (exact) mass is 412 g/mol. The number of carbonyl (C=O) groups excluding carboxylic acids is 1. The van der Waals surface area contributed by atoms with Crippen molar-refractivity contribution >= 4 is 34.3 Å². The summed E-state index contributed by atoms with van der Waals surface area (Å²) in [5.41, 5.74) is 4.82. The molecule has 4 aromatic rings. The van der Waals surface area contributed by atoms with Crippen molar-refractivity contribution in [2.45, 2.75) is 12.5 Å². The molecule has 0 fully saturated rings. The van der Waals surface area contributed by atoms with Crippen LogP contribution in [-0.4, -0.2) is 26.6 Å². The standard InChI is InChI=1S/C24H17ClN4O/c25-19-9-6-16(7-10-19)21-15-23(17-4-2-1-3-5-17)29(28-21)24(30)18-8-11-20-22(14-18)27-13-12-26-20/h1-14,23H,15H2. The number of hydrazone groups is 1. The molecule has 0 saturated heterocycles. The van der Waals surface area contributed by atoms with Crippen LogP contribution in [0.1, 0.15) is 33.9 Å². The molecule has 0 aliphatic carbocycles. The average molecular weight is 413 g/mol. The predicted octanol–water partition coefficient (Wildman–Crippen LogP) is 5.27. The SMILES string of the molecule is O=C(c1ccc2nccnc2c1)N1N=C(c2ccc(Cl)cc2)CC1c1ccccc1. The molecule has 0 bridgehead atoms.